The van der Waals surface area contributed by atoms with Gasteiger partial charge in [0, 0.05) is 18.0 Å². The van der Waals surface area contributed by atoms with Gasteiger partial charge in [0.15, 0.2) is 0 Å². The number of benzene rings is 1. The van der Waals surface area contributed by atoms with Gasteiger partial charge < -0.3 is 15.1 Å². The van der Waals surface area contributed by atoms with E-state index in [1.807, 2.05) is 12.1 Å². The highest BCUT2D eigenvalue weighted by Gasteiger charge is 2.22. The Hall–Kier alpha value is -1.85. The third-order valence-corrected chi connectivity index (χ3v) is 3.70. The fourth-order valence-electron chi connectivity index (χ4n) is 2.60. The van der Waals surface area contributed by atoms with E-state index in [9.17, 15) is 9.59 Å². The topological polar surface area (TPSA) is 71.3 Å². The van der Waals surface area contributed by atoms with Crippen molar-refractivity contribution in [3.8, 4) is 0 Å². The van der Waals surface area contributed by atoms with Gasteiger partial charge in [-0.1, -0.05) is 18.2 Å². The molecule has 1 unspecified atom stereocenters. The zero-order valence-electron chi connectivity index (χ0n) is 11.6. The second kappa shape index (κ2) is 6.28. The van der Waals surface area contributed by atoms with Gasteiger partial charge in [0.1, 0.15) is 11.1 Å². The van der Waals surface area contributed by atoms with E-state index in [1.54, 1.807) is 19.1 Å². The van der Waals surface area contributed by atoms with E-state index < -0.39 is 5.63 Å². The summed E-state index contributed by atoms with van der Waals surface area (Å²) in [7, 11) is 0. The molecule has 2 heterocycles. The number of hydrogen-bond donors (Lipinski definition) is 2. The SMILES string of the molecule is Cc1c(C(=O)NC2CCNC2)c(=O)oc2ccccc12.Cl. The van der Waals surface area contributed by atoms with Crippen LogP contribution in [0.3, 0.4) is 0 Å². The molecule has 112 valence electrons. The molecule has 2 aromatic rings. The fraction of sp³-hybridized carbons (Fsp3) is 0.333. The molecule has 3 rings (SSSR count). The number of nitrogens with one attached hydrogen (secondary N) is 2. The molecule has 1 saturated heterocycles. The predicted octanol–water partition coefficient (Wildman–Crippen LogP) is 1.61. The minimum atomic E-state index is -0.579. The van der Waals surface area contributed by atoms with Gasteiger partial charge in [-0.05, 0) is 31.5 Å². The third kappa shape index (κ3) is 2.94. The highest BCUT2D eigenvalue weighted by Crippen LogP contribution is 2.18. The maximum Gasteiger partial charge on any atom is 0.349 e. The third-order valence-electron chi connectivity index (χ3n) is 3.70. The van der Waals surface area contributed by atoms with Gasteiger partial charge in [-0.3, -0.25) is 4.79 Å². The number of carbonyl (C=O) groups excluding carboxylic acids is 1. The van der Waals surface area contributed by atoms with E-state index in [1.165, 1.54) is 0 Å². The first kappa shape index (κ1) is 15.5. The van der Waals surface area contributed by atoms with E-state index >= 15 is 0 Å². The average molecular weight is 309 g/mol. The Morgan fingerprint density at radius 2 is 2.14 bits per heavy atom. The van der Waals surface area contributed by atoms with Crippen molar-refractivity contribution >= 4 is 29.3 Å². The van der Waals surface area contributed by atoms with Crippen molar-refractivity contribution in [1.29, 1.82) is 0 Å². The number of halogens is 1. The molecular weight excluding hydrogens is 292 g/mol. The summed E-state index contributed by atoms with van der Waals surface area (Å²) in [6.45, 7) is 3.40. The minimum absolute atomic E-state index is 0. The van der Waals surface area contributed by atoms with Gasteiger partial charge in [0.05, 0.1) is 0 Å². The molecule has 21 heavy (non-hydrogen) atoms. The minimum Gasteiger partial charge on any atom is -0.422 e. The van der Waals surface area contributed by atoms with Gasteiger partial charge in [0.25, 0.3) is 5.91 Å². The van der Waals surface area contributed by atoms with Crippen molar-refractivity contribution in [3.05, 3.63) is 45.8 Å². The van der Waals surface area contributed by atoms with E-state index in [0.29, 0.717) is 11.1 Å². The number of amides is 1. The Morgan fingerprint density at radius 3 is 2.86 bits per heavy atom. The maximum atomic E-state index is 12.3. The summed E-state index contributed by atoms with van der Waals surface area (Å²) in [5.41, 5.74) is 0.703. The van der Waals surface area contributed by atoms with Gasteiger partial charge in [-0.2, -0.15) is 0 Å². The molecule has 1 amide bonds. The molecule has 1 aromatic heterocycles. The number of hydrogen-bond acceptors (Lipinski definition) is 4. The van der Waals surface area contributed by atoms with E-state index in [2.05, 4.69) is 10.6 Å². The zero-order valence-corrected chi connectivity index (χ0v) is 12.5. The number of aryl methyl sites for hydroxylation is 1. The van der Waals surface area contributed by atoms with Crippen LogP contribution in [0.25, 0.3) is 11.0 Å². The number of carbonyl (C=O) groups is 1. The summed E-state index contributed by atoms with van der Waals surface area (Å²) < 4.78 is 5.23. The summed E-state index contributed by atoms with van der Waals surface area (Å²) in [6.07, 6.45) is 0.879. The molecule has 1 aliphatic heterocycles. The Morgan fingerprint density at radius 1 is 1.38 bits per heavy atom. The monoisotopic (exact) mass is 308 g/mol. The number of rotatable bonds is 2. The van der Waals surface area contributed by atoms with Gasteiger partial charge in [-0.25, -0.2) is 4.79 Å². The van der Waals surface area contributed by atoms with Crippen molar-refractivity contribution in [2.45, 2.75) is 19.4 Å². The lowest BCUT2D eigenvalue weighted by molar-refractivity contribution is 0.0936. The van der Waals surface area contributed by atoms with E-state index in [4.69, 9.17) is 4.42 Å². The van der Waals surface area contributed by atoms with Crippen molar-refractivity contribution < 1.29 is 9.21 Å². The second-order valence-corrected chi connectivity index (χ2v) is 5.05. The molecule has 1 fully saturated rings. The molecule has 6 heteroatoms. The second-order valence-electron chi connectivity index (χ2n) is 5.05. The lowest BCUT2D eigenvalue weighted by atomic mass is 10.1. The molecule has 0 radical (unpaired) electrons. The molecule has 0 spiro atoms. The molecule has 1 atom stereocenters. The van der Waals surface area contributed by atoms with Crippen LogP contribution in [0.5, 0.6) is 0 Å². The summed E-state index contributed by atoms with van der Waals surface area (Å²) in [5.74, 6) is -0.351. The largest absolute Gasteiger partial charge is 0.422 e. The van der Waals surface area contributed by atoms with Crippen molar-refractivity contribution in [2.24, 2.45) is 0 Å². The number of para-hydroxylation sites is 1. The lowest BCUT2D eigenvalue weighted by Crippen LogP contribution is -2.38. The van der Waals surface area contributed by atoms with Crippen LogP contribution in [-0.2, 0) is 0 Å². The van der Waals surface area contributed by atoms with Crippen molar-refractivity contribution in [2.75, 3.05) is 13.1 Å². The standard InChI is InChI=1S/C15H16N2O3.ClH/c1-9-11-4-2-3-5-12(11)20-15(19)13(9)14(18)17-10-6-7-16-8-10;/h2-5,10,16H,6-8H2,1H3,(H,17,18);1H. The molecule has 0 aliphatic carbocycles. The van der Waals surface area contributed by atoms with Crippen LogP contribution in [0.2, 0.25) is 0 Å². The van der Waals surface area contributed by atoms with E-state index in [0.717, 1.165) is 24.9 Å². The molecule has 2 N–H and O–H groups in total. The summed E-state index contributed by atoms with van der Waals surface area (Å²) >= 11 is 0. The Bertz CT molecular complexity index is 720. The van der Waals surface area contributed by atoms with Crippen LogP contribution >= 0.6 is 12.4 Å². The first-order valence-corrected chi connectivity index (χ1v) is 6.71. The Kier molecular flexibility index (Phi) is 4.65. The highest BCUT2D eigenvalue weighted by atomic mass is 35.5. The first-order valence-electron chi connectivity index (χ1n) is 6.71. The van der Waals surface area contributed by atoms with Crippen LogP contribution in [0.1, 0.15) is 22.3 Å². The van der Waals surface area contributed by atoms with Crippen LogP contribution in [0, 0.1) is 6.92 Å². The van der Waals surface area contributed by atoms with E-state index in [-0.39, 0.29) is 29.9 Å². The van der Waals surface area contributed by atoms with Crippen LogP contribution < -0.4 is 16.3 Å². The Labute approximate surface area is 128 Å². The van der Waals surface area contributed by atoms with Crippen LogP contribution in [0.4, 0.5) is 0 Å². The number of fused-ring (bicyclic) bond motifs is 1. The van der Waals surface area contributed by atoms with Crippen molar-refractivity contribution in [3.63, 3.8) is 0 Å². The van der Waals surface area contributed by atoms with Gasteiger partial charge in [0.2, 0.25) is 0 Å². The molecule has 1 aromatic carbocycles. The Balaban J connectivity index is 0.00000161. The summed E-state index contributed by atoms with van der Waals surface area (Å²) in [4.78, 5) is 24.3. The quantitative estimate of drug-likeness (QED) is 0.827. The first-order chi connectivity index (χ1) is 9.66. The van der Waals surface area contributed by atoms with Gasteiger partial charge >= 0.3 is 5.63 Å². The maximum absolute atomic E-state index is 12.3. The molecule has 1 aliphatic rings. The molecular formula is C15H17ClN2O3. The normalized spacial score (nSPS) is 17.5. The fourth-order valence-corrected chi connectivity index (χ4v) is 2.60. The molecule has 0 saturated carbocycles. The lowest BCUT2D eigenvalue weighted by Gasteiger charge is -2.12. The molecule has 0 bridgehead atoms. The summed E-state index contributed by atoms with van der Waals surface area (Å²) in [5, 5.41) is 6.85. The van der Waals surface area contributed by atoms with Crippen LogP contribution in [0.15, 0.2) is 33.5 Å². The highest BCUT2D eigenvalue weighted by molar-refractivity contribution is 5.99. The predicted molar refractivity (Wildman–Crippen MR) is 83.2 cm³/mol. The van der Waals surface area contributed by atoms with Crippen LogP contribution in [-0.4, -0.2) is 25.0 Å². The smallest absolute Gasteiger partial charge is 0.349 e. The average Bonchev–Trinajstić information content (AvgIpc) is 2.91. The zero-order chi connectivity index (χ0) is 14.1. The molecule has 5 nitrogen and oxygen atoms in total. The van der Waals surface area contributed by atoms with Gasteiger partial charge in [-0.15, -0.1) is 12.4 Å². The summed E-state index contributed by atoms with van der Waals surface area (Å²) in [6, 6.07) is 7.31. The van der Waals surface area contributed by atoms with Crippen molar-refractivity contribution in [1.82, 2.24) is 10.6 Å².